The van der Waals surface area contributed by atoms with Gasteiger partial charge in [-0.3, -0.25) is 14.5 Å². The number of nitrogens with one attached hydrogen (secondary N) is 1. The monoisotopic (exact) mass is 315 g/mol. The van der Waals surface area contributed by atoms with Gasteiger partial charge in [0, 0.05) is 55.8 Å². The number of rotatable bonds is 3. The molecule has 1 amide bonds. The normalized spacial score (nSPS) is 17.4. The van der Waals surface area contributed by atoms with Crippen LogP contribution in [-0.2, 0) is 9.59 Å². The van der Waals surface area contributed by atoms with Crippen LogP contribution in [0.1, 0.15) is 24.1 Å². The van der Waals surface area contributed by atoms with Crippen molar-refractivity contribution in [2.24, 2.45) is 0 Å². The van der Waals surface area contributed by atoms with Gasteiger partial charge in [0.2, 0.25) is 5.91 Å². The van der Waals surface area contributed by atoms with Crippen LogP contribution in [0.5, 0.6) is 0 Å². The van der Waals surface area contributed by atoms with Crippen LogP contribution in [0.3, 0.4) is 0 Å². The molecule has 1 saturated heterocycles. The highest BCUT2D eigenvalue weighted by Gasteiger charge is 2.32. The zero-order valence-corrected chi connectivity index (χ0v) is 13.4. The summed E-state index contributed by atoms with van der Waals surface area (Å²) < 4.78 is 0. The first-order chi connectivity index (χ1) is 11.0. The van der Waals surface area contributed by atoms with Gasteiger partial charge in [0.15, 0.2) is 0 Å². The lowest BCUT2D eigenvalue weighted by molar-refractivity contribution is -0.144. The Bertz CT molecular complexity index is 745. The molecule has 0 spiro atoms. The number of aliphatic carboxylic acids is 1. The Hall–Kier alpha value is -2.34. The van der Waals surface area contributed by atoms with Crippen LogP contribution in [-0.4, -0.2) is 57.9 Å². The van der Waals surface area contributed by atoms with Crippen molar-refractivity contribution < 1.29 is 14.7 Å². The number of hydrogen-bond acceptors (Lipinski definition) is 3. The number of H-pyrrole nitrogens is 1. The first-order valence-corrected chi connectivity index (χ1v) is 7.77. The van der Waals surface area contributed by atoms with Crippen LogP contribution in [0.4, 0.5) is 0 Å². The largest absolute Gasteiger partial charge is 0.480 e. The summed E-state index contributed by atoms with van der Waals surface area (Å²) in [6, 6.07) is 5.30. The van der Waals surface area contributed by atoms with Crippen LogP contribution >= 0.6 is 0 Å². The molecular formula is C17H21N3O3. The number of carboxylic acid groups (broad SMARTS) is 1. The smallest absolute Gasteiger partial charge is 0.325 e. The minimum Gasteiger partial charge on any atom is -0.480 e. The number of aromatic amines is 1. The Morgan fingerprint density at radius 2 is 1.91 bits per heavy atom. The molecule has 1 atom stereocenters. The van der Waals surface area contributed by atoms with E-state index >= 15 is 0 Å². The number of carbonyl (C=O) groups excluding carboxylic acids is 1. The highest BCUT2D eigenvalue weighted by atomic mass is 16.4. The zero-order valence-electron chi connectivity index (χ0n) is 13.4. The third-order valence-corrected chi connectivity index (χ3v) is 4.52. The summed E-state index contributed by atoms with van der Waals surface area (Å²) in [5.41, 5.74) is 2.83. The van der Waals surface area contributed by atoms with E-state index in [0.29, 0.717) is 26.2 Å². The SMILES string of the molecule is CC(=O)N1CCN([C@@H](C(=O)O)c2c[nH]c3ccc(C)cc23)CC1. The van der Waals surface area contributed by atoms with E-state index in [-0.39, 0.29) is 5.91 Å². The van der Waals surface area contributed by atoms with E-state index in [0.717, 1.165) is 22.0 Å². The summed E-state index contributed by atoms with van der Waals surface area (Å²) in [6.45, 7) is 5.81. The van der Waals surface area contributed by atoms with Crippen LogP contribution < -0.4 is 0 Å². The average molecular weight is 315 g/mol. The van der Waals surface area contributed by atoms with E-state index in [4.69, 9.17) is 0 Å². The van der Waals surface area contributed by atoms with E-state index in [2.05, 4.69) is 4.98 Å². The zero-order chi connectivity index (χ0) is 16.6. The van der Waals surface area contributed by atoms with Crippen LogP contribution in [0, 0.1) is 6.92 Å². The van der Waals surface area contributed by atoms with Crippen LogP contribution in [0.2, 0.25) is 0 Å². The minimum absolute atomic E-state index is 0.0410. The van der Waals surface area contributed by atoms with Crippen molar-refractivity contribution in [2.75, 3.05) is 26.2 Å². The Morgan fingerprint density at radius 3 is 2.52 bits per heavy atom. The molecule has 1 aromatic heterocycles. The van der Waals surface area contributed by atoms with Crippen molar-refractivity contribution in [3.8, 4) is 0 Å². The number of carboxylic acids is 1. The highest BCUT2D eigenvalue weighted by Crippen LogP contribution is 2.30. The minimum atomic E-state index is -0.858. The molecule has 2 aromatic rings. The molecule has 0 unspecified atom stereocenters. The predicted octanol–water partition coefficient (Wildman–Crippen LogP) is 1.77. The molecule has 2 N–H and O–H groups in total. The standard InChI is InChI=1S/C17H21N3O3/c1-11-3-4-15-13(9-11)14(10-18-15)16(17(22)23)20-7-5-19(6-8-20)12(2)21/h3-4,9-10,16,18H,5-8H2,1-2H3,(H,22,23)/t16-/m1/s1. The second kappa shape index (κ2) is 6.04. The number of nitrogens with zero attached hydrogens (tertiary/aromatic N) is 2. The number of benzene rings is 1. The fraction of sp³-hybridized carbons (Fsp3) is 0.412. The average Bonchev–Trinajstić information content (AvgIpc) is 2.91. The van der Waals surface area contributed by atoms with Gasteiger partial charge in [-0.25, -0.2) is 0 Å². The number of aromatic nitrogens is 1. The number of fused-ring (bicyclic) bond motifs is 1. The molecule has 1 aliphatic heterocycles. The molecule has 1 aromatic carbocycles. The second-order valence-corrected chi connectivity index (χ2v) is 6.08. The highest BCUT2D eigenvalue weighted by molar-refractivity contribution is 5.89. The molecule has 0 bridgehead atoms. The number of hydrogen-bond donors (Lipinski definition) is 2. The second-order valence-electron chi connectivity index (χ2n) is 6.08. The number of amides is 1. The van der Waals surface area contributed by atoms with Gasteiger partial charge in [0.05, 0.1) is 0 Å². The van der Waals surface area contributed by atoms with Crippen LogP contribution in [0.15, 0.2) is 24.4 Å². The van der Waals surface area contributed by atoms with Gasteiger partial charge in [-0.15, -0.1) is 0 Å². The van der Waals surface area contributed by atoms with E-state index in [1.54, 1.807) is 18.0 Å². The number of aryl methyl sites for hydroxylation is 1. The van der Waals surface area contributed by atoms with Gasteiger partial charge in [-0.2, -0.15) is 0 Å². The summed E-state index contributed by atoms with van der Waals surface area (Å²) in [6.07, 6.45) is 1.79. The molecule has 122 valence electrons. The number of carbonyl (C=O) groups is 2. The van der Waals surface area contributed by atoms with Gasteiger partial charge in [-0.1, -0.05) is 11.6 Å². The quantitative estimate of drug-likeness (QED) is 0.905. The van der Waals surface area contributed by atoms with Gasteiger partial charge in [0.25, 0.3) is 0 Å². The van der Waals surface area contributed by atoms with Crippen molar-refractivity contribution in [1.29, 1.82) is 0 Å². The van der Waals surface area contributed by atoms with Crippen molar-refractivity contribution in [3.05, 3.63) is 35.5 Å². The van der Waals surface area contributed by atoms with Crippen LogP contribution in [0.25, 0.3) is 10.9 Å². The summed E-state index contributed by atoms with van der Waals surface area (Å²) in [5, 5.41) is 10.7. The lowest BCUT2D eigenvalue weighted by Crippen LogP contribution is -2.50. The van der Waals surface area contributed by atoms with Crippen molar-refractivity contribution in [1.82, 2.24) is 14.8 Å². The molecule has 6 heteroatoms. The Morgan fingerprint density at radius 1 is 1.22 bits per heavy atom. The summed E-state index contributed by atoms with van der Waals surface area (Å²) in [5.74, 6) is -0.817. The van der Waals surface area contributed by atoms with Gasteiger partial charge in [0.1, 0.15) is 6.04 Å². The fourth-order valence-corrected chi connectivity index (χ4v) is 3.26. The van der Waals surface area contributed by atoms with Gasteiger partial charge in [-0.05, 0) is 19.1 Å². The first-order valence-electron chi connectivity index (χ1n) is 7.77. The Balaban J connectivity index is 1.91. The molecule has 0 saturated carbocycles. The molecule has 6 nitrogen and oxygen atoms in total. The van der Waals surface area contributed by atoms with E-state index < -0.39 is 12.0 Å². The molecule has 0 aliphatic carbocycles. The summed E-state index contributed by atoms with van der Waals surface area (Å²) in [4.78, 5) is 30.2. The van der Waals surface area contributed by atoms with Crippen molar-refractivity contribution >= 4 is 22.8 Å². The molecule has 3 rings (SSSR count). The summed E-state index contributed by atoms with van der Waals surface area (Å²) >= 11 is 0. The van der Waals surface area contributed by atoms with E-state index in [1.165, 1.54) is 0 Å². The Labute approximate surface area is 134 Å². The lowest BCUT2D eigenvalue weighted by atomic mass is 10.0. The van der Waals surface area contributed by atoms with Crippen molar-refractivity contribution in [2.45, 2.75) is 19.9 Å². The Kier molecular flexibility index (Phi) is 4.09. The molecule has 0 radical (unpaired) electrons. The number of piperazine rings is 1. The molecule has 2 heterocycles. The fourth-order valence-electron chi connectivity index (χ4n) is 3.26. The molecule has 23 heavy (non-hydrogen) atoms. The summed E-state index contributed by atoms with van der Waals surface area (Å²) in [7, 11) is 0. The van der Waals surface area contributed by atoms with Gasteiger partial charge >= 0.3 is 5.97 Å². The molecule has 1 aliphatic rings. The van der Waals surface area contributed by atoms with E-state index in [9.17, 15) is 14.7 Å². The molecular weight excluding hydrogens is 294 g/mol. The van der Waals surface area contributed by atoms with E-state index in [1.807, 2.05) is 30.0 Å². The maximum absolute atomic E-state index is 11.9. The maximum atomic E-state index is 11.9. The lowest BCUT2D eigenvalue weighted by Gasteiger charge is -2.37. The topological polar surface area (TPSA) is 76.6 Å². The van der Waals surface area contributed by atoms with Gasteiger partial charge < -0.3 is 15.0 Å². The first kappa shape index (κ1) is 15.6. The third kappa shape index (κ3) is 2.94. The molecule has 1 fully saturated rings. The van der Waals surface area contributed by atoms with Crippen molar-refractivity contribution in [3.63, 3.8) is 0 Å². The maximum Gasteiger partial charge on any atom is 0.325 e. The predicted molar refractivity (Wildman–Crippen MR) is 87.2 cm³/mol. The third-order valence-electron chi connectivity index (χ3n) is 4.52.